The number of hydrogen-bond acceptors (Lipinski definition) is 16. The van der Waals surface area contributed by atoms with E-state index in [0.717, 1.165) is 0 Å². The highest BCUT2D eigenvalue weighted by Gasteiger charge is 2.63. The van der Waals surface area contributed by atoms with Gasteiger partial charge in [-0.1, -0.05) is 42.1 Å². The van der Waals surface area contributed by atoms with E-state index in [-0.39, 0.29) is 16.3 Å². The molecule has 0 radical (unpaired) electrons. The number of amidine groups is 1. The SMILES string of the molecule is OC(O)(O)COC(O)(O)C(O)(O)N1CC(O)(O)N(C2=Nc3ccccc3Sc3ccccc32)C(O)(O)C1. The maximum atomic E-state index is 10.9. The number of aliphatic imine (C=N–C) groups is 1. The van der Waals surface area contributed by atoms with Crippen molar-refractivity contribution in [1.29, 1.82) is 0 Å². The van der Waals surface area contributed by atoms with Gasteiger partial charge in [-0.25, -0.2) is 14.8 Å². The predicted molar refractivity (Wildman–Crippen MR) is 121 cm³/mol. The fourth-order valence-electron chi connectivity index (χ4n) is 3.90. The molecule has 11 N–H and O–H groups in total. The molecule has 0 atom stereocenters. The molecule has 0 spiro atoms. The Morgan fingerprint density at radius 2 is 1.35 bits per heavy atom. The molecule has 0 unspecified atom stereocenters. The minimum absolute atomic E-state index is 0.0170. The van der Waals surface area contributed by atoms with Gasteiger partial charge in [-0.15, -0.1) is 0 Å². The summed E-state index contributed by atoms with van der Waals surface area (Å²) >= 11 is 1.28. The summed E-state index contributed by atoms with van der Waals surface area (Å²) in [5, 5.41) is 111. The van der Waals surface area contributed by atoms with Crippen molar-refractivity contribution < 1.29 is 60.9 Å². The molecule has 4 rings (SSSR count). The molecule has 37 heavy (non-hydrogen) atoms. The number of para-hydroxylation sites is 1. The van der Waals surface area contributed by atoms with Crippen LogP contribution in [0.1, 0.15) is 5.56 Å². The number of aliphatic hydroxyl groups is 11. The quantitative estimate of drug-likeness (QED) is 0.161. The van der Waals surface area contributed by atoms with Crippen LogP contribution in [-0.4, -0.2) is 121 Å². The van der Waals surface area contributed by atoms with Gasteiger partial charge in [-0.05, 0) is 18.2 Å². The van der Waals surface area contributed by atoms with Crippen LogP contribution in [0.3, 0.4) is 0 Å². The van der Waals surface area contributed by atoms with Crippen molar-refractivity contribution in [2.24, 2.45) is 4.99 Å². The number of ether oxygens (including phenoxy) is 1. The first kappa shape index (κ1) is 27.8. The Hall–Kier alpha value is -2.26. The van der Waals surface area contributed by atoms with Gasteiger partial charge in [0.05, 0.1) is 18.8 Å². The zero-order chi connectivity index (χ0) is 27.4. The fraction of sp³-hybridized carbons (Fsp3) is 0.381. The lowest BCUT2D eigenvalue weighted by atomic mass is 10.1. The van der Waals surface area contributed by atoms with Crippen molar-refractivity contribution in [1.82, 2.24) is 9.80 Å². The van der Waals surface area contributed by atoms with Gasteiger partial charge >= 0.3 is 11.9 Å². The highest BCUT2D eigenvalue weighted by atomic mass is 32.2. The van der Waals surface area contributed by atoms with E-state index in [2.05, 4.69) is 9.73 Å². The fourth-order valence-corrected chi connectivity index (χ4v) is 4.91. The first-order valence-corrected chi connectivity index (χ1v) is 11.4. The Bertz CT molecular complexity index is 1180. The lowest BCUT2D eigenvalue weighted by Gasteiger charge is -2.54. The monoisotopic (exact) mass is 543 g/mol. The van der Waals surface area contributed by atoms with E-state index in [1.807, 2.05) is 0 Å². The normalized spacial score (nSPS) is 20.1. The molecular formula is C21H25N3O12S. The third kappa shape index (κ3) is 5.35. The van der Waals surface area contributed by atoms with E-state index in [0.29, 0.717) is 20.4 Å². The average molecular weight is 544 g/mol. The maximum absolute atomic E-state index is 10.9. The van der Waals surface area contributed by atoms with Crippen LogP contribution in [-0.2, 0) is 4.74 Å². The number of hydrogen-bond donors (Lipinski definition) is 11. The molecule has 0 aliphatic carbocycles. The van der Waals surface area contributed by atoms with Crippen molar-refractivity contribution in [3.8, 4) is 0 Å². The Morgan fingerprint density at radius 1 is 0.811 bits per heavy atom. The Balaban J connectivity index is 1.74. The summed E-state index contributed by atoms with van der Waals surface area (Å²) in [6, 6.07) is 13.3. The molecule has 0 amide bonds. The largest absolute Gasteiger partial charge is 0.352 e. The second-order valence-corrected chi connectivity index (χ2v) is 9.63. The van der Waals surface area contributed by atoms with E-state index in [4.69, 9.17) is 15.3 Å². The molecule has 2 aliphatic rings. The van der Waals surface area contributed by atoms with Gasteiger partial charge < -0.3 is 60.9 Å². The third-order valence-corrected chi connectivity index (χ3v) is 6.66. The predicted octanol–water partition coefficient (Wildman–Crippen LogP) is -3.95. The summed E-state index contributed by atoms with van der Waals surface area (Å²) in [5.74, 6) is -18.8. The summed E-state index contributed by atoms with van der Waals surface area (Å²) in [4.78, 5) is 5.99. The number of rotatable bonds is 5. The molecule has 0 saturated carbocycles. The molecule has 1 fully saturated rings. The highest BCUT2D eigenvalue weighted by Crippen LogP contribution is 2.43. The van der Waals surface area contributed by atoms with Crippen LogP contribution < -0.4 is 0 Å². The van der Waals surface area contributed by atoms with Gasteiger partial charge in [0.1, 0.15) is 12.4 Å². The molecule has 2 aromatic carbocycles. The second-order valence-electron chi connectivity index (χ2n) is 8.55. The van der Waals surface area contributed by atoms with E-state index >= 15 is 0 Å². The van der Waals surface area contributed by atoms with Gasteiger partial charge in [-0.2, -0.15) is 0 Å². The van der Waals surface area contributed by atoms with Crippen molar-refractivity contribution in [3.05, 3.63) is 54.1 Å². The molecule has 1 saturated heterocycles. The van der Waals surface area contributed by atoms with Crippen LogP contribution >= 0.6 is 11.8 Å². The topological polar surface area (TPSA) is 251 Å². The van der Waals surface area contributed by atoms with Gasteiger partial charge in [0.15, 0.2) is 0 Å². The molecule has 0 bridgehead atoms. The Morgan fingerprint density at radius 3 is 1.95 bits per heavy atom. The zero-order valence-corrected chi connectivity index (χ0v) is 19.6. The minimum atomic E-state index is -4.12. The van der Waals surface area contributed by atoms with Gasteiger partial charge in [0.2, 0.25) is 0 Å². The zero-order valence-electron chi connectivity index (χ0n) is 18.8. The number of benzene rings is 2. The first-order chi connectivity index (χ1) is 16.9. The molecule has 2 heterocycles. The van der Waals surface area contributed by atoms with E-state index < -0.39 is 49.4 Å². The summed E-state index contributed by atoms with van der Waals surface area (Å²) in [6.07, 6.45) is 0. The van der Waals surface area contributed by atoms with E-state index in [1.165, 1.54) is 11.8 Å². The van der Waals surface area contributed by atoms with Crippen molar-refractivity contribution in [3.63, 3.8) is 0 Å². The molecule has 2 aliphatic heterocycles. The second kappa shape index (κ2) is 9.19. The summed E-state index contributed by atoms with van der Waals surface area (Å²) in [7, 11) is 0. The van der Waals surface area contributed by atoms with Crippen molar-refractivity contribution >= 4 is 23.3 Å². The van der Waals surface area contributed by atoms with Crippen LogP contribution in [0.5, 0.6) is 0 Å². The molecule has 202 valence electrons. The molecule has 0 aromatic heterocycles. The highest BCUT2D eigenvalue weighted by molar-refractivity contribution is 7.99. The lowest BCUT2D eigenvalue weighted by Crippen LogP contribution is -2.80. The minimum Gasteiger partial charge on any atom is -0.348 e. The van der Waals surface area contributed by atoms with Crippen molar-refractivity contribution in [2.75, 3.05) is 19.7 Å². The summed E-state index contributed by atoms with van der Waals surface area (Å²) in [6.45, 7) is -4.26. The average Bonchev–Trinajstić information content (AvgIpc) is 2.92. The molecule has 2 aromatic rings. The Kier molecular flexibility index (Phi) is 6.89. The number of nitrogens with zero attached hydrogens (tertiary/aromatic N) is 3. The first-order valence-electron chi connectivity index (χ1n) is 10.6. The van der Waals surface area contributed by atoms with E-state index in [1.54, 1.807) is 48.5 Å². The van der Waals surface area contributed by atoms with Gasteiger partial charge in [0, 0.05) is 15.4 Å². The Labute approximate surface area is 212 Å². The smallest absolute Gasteiger partial charge is 0.348 e. The number of β-amino-alcohol motifs (C(OH)–C–C–N with tert-alkyl or cyclic N) is 4. The van der Waals surface area contributed by atoms with Crippen LogP contribution in [0.25, 0.3) is 0 Å². The standard InChI is InChI=1S/C21H25N3O12S/c25-17(26)9-23(20(32,33)21(34,35)36-11-19(29,30)31)10-18(27,28)24(17)16-12-5-1-3-7-14(12)37-15-8-4-2-6-13(15)22-16/h1-8,25-35H,9-11H2. The van der Waals surface area contributed by atoms with Crippen LogP contribution in [0.15, 0.2) is 63.3 Å². The van der Waals surface area contributed by atoms with Crippen molar-refractivity contribution in [2.45, 2.75) is 39.5 Å². The maximum Gasteiger partial charge on any atom is 0.352 e. The van der Waals surface area contributed by atoms with Crippen LogP contribution in [0.2, 0.25) is 0 Å². The number of piperazine rings is 1. The summed E-state index contributed by atoms with van der Waals surface area (Å²) in [5.41, 5.74) is 0.619. The lowest BCUT2D eigenvalue weighted by molar-refractivity contribution is -0.526. The van der Waals surface area contributed by atoms with Gasteiger partial charge in [-0.3, -0.25) is 0 Å². The van der Waals surface area contributed by atoms with Gasteiger partial charge in [0.25, 0.3) is 17.8 Å². The van der Waals surface area contributed by atoms with E-state index in [9.17, 15) is 40.9 Å². The van der Waals surface area contributed by atoms with Crippen LogP contribution in [0, 0.1) is 0 Å². The molecule has 16 heteroatoms. The molecule has 15 nitrogen and oxygen atoms in total. The summed E-state index contributed by atoms with van der Waals surface area (Å²) < 4.78 is 4.15. The van der Waals surface area contributed by atoms with Crippen LogP contribution in [0.4, 0.5) is 5.69 Å². The molecular weight excluding hydrogens is 518 g/mol. The third-order valence-electron chi connectivity index (χ3n) is 5.52. The number of fused-ring (bicyclic) bond motifs is 2.